The molecule has 0 radical (unpaired) electrons. The van der Waals surface area contributed by atoms with Crippen LogP contribution in [-0.2, 0) is 6.18 Å². The van der Waals surface area contributed by atoms with E-state index >= 15 is 0 Å². The topological polar surface area (TPSA) is 60.2 Å². The first-order chi connectivity index (χ1) is 10.4. The van der Waals surface area contributed by atoms with Crippen LogP contribution in [0.5, 0.6) is 5.75 Å². The summed E-state index contributed by atoms with van der Waals surface area (Å²) in [7, 11) is 0. The highest BCUT2D eigenvalue weighted by Gasteiger charge is 2.29. The quantitative estimate of drug-likeness (QED) is 0.824. The molecule has 2 rings (SSSR count). The first-order valence-electron chi connectivity index (χ1n) is 6.74. The molecule has 22 heavy (non-hydrogen) atoms. The van der Waals surface area contributed by atoms with Gasteiger partial charge in [-0.1, -0.05) is 19.0 Å². The third-order valence-electron chi connectivity index (χ3n) is 2.79. The van der Waals surface area contributed by atoms with E-state index in [2.05, 4.69) is 15.5 Å². The maximum absolute atomic E-state index is 12.4. The highest BCUT2D eigenvalue weighted by molar-refractivity contribution is 5.29. The smallest absolute Gasteiger partial charge is 0.416 e. The number of halogens is 3. The predicted octanol–water partition coefficient (Wildman–Crippen LogP) is 3.70. The summed E-state index contributed by atoms with van der Waals surface area (Å²) in [5.74, 6) is 1.14. The molecular formula is C14H16F3N3O2. The fourth-order valence-corrected chi connectivity index (χ4v) is 1.61. The number of rotatable bonds is 6. The molecular weight excluding hydrogens is 299 g/mol. The molecule has 1 aromatic carbocycles. The van der Waals surface area contributed by atoms with Crippen LogP contribution in [0.1, 0.15) is 31.2 Å². The van der Waals surface area contributed by atoms with E-state index in [1.165, 1.54) is 12.1 Å². The van der Waals surface area contributed by atoms with E-state index in [9.17, 15) is 13.2 Å². The Bertz CT molecular complexity index is 594. The maximum Gasteiger partial charge on any atom is 0.416 e. The van der Waals surface area contributed by atoms with Crippen molar-refractivity contribution in [3.05, 3.63) is 35.7 Å². The van der Waals surface area contributed by atoms with Crippen LogP contribution in [0, 0.1) is 0 Å². The summed E-state index contributed by atoms with van der Waals surface area (Å²) in [5.41, 5.74) is -0.704. The number of nitrogens with zero attached hydrogens (tertiary/aromatic N) is 2. The Labute approximate surface area is 125 Å². The van der Waals surface area contributed by atoms with Crippen molar-refractivity contribution in [1.82, 2.24) is 10.1 Å². The number of alkyl halides is 3. The molecule has 1 heterocycles. The first kappa shape index (κ1) is 16.1. The van der Waals surface area contributed by atoms with Crippen LogP contribution in [0.2, 0.25) is 0 Å². The molecule has 0 atom stereocenters. The Kier molecular flexibility index (Phi) is 4.89. The molecule has 0 fully saturated rings. The SMILES string of the molecule is CC(C)c1noc(NCCOc2ccc(C(F)(F)F)cc2)n1. The highest BCUT2D eigenvalue weighted by Crippen LogP contribution is 2.30. The number of benzene rings is 1. The Morgan fingerprint density at radius 2 is 1.91 bits per heavy atom. The lowest BCUT2D eigenvalue weighted by molar-refractivity contribution is -0.137. The average molecular weight is 315 g/mol. The molecule has 1 N–H and O–H groups in total. The lowest BCUT2D eigenvalue weighted by Crippen LogP contribution is -2.12. The van der Waals surface area contributed by atoms with Crippen LogP contribution in [-0.4, -0.2) is 23.3 Å². The Balaban J connectivity index is 1.76. The number of anilines is 1. The normalized spacial score (nSPS) is 11.7. The fourth-order valence-electron chi connectivity index (χ4n) is 1.61. The van der Waals surface area contributed by atoms with E-state index in [1.54, 1.807) is 0 Å². The van der Waals surface area contributed by atoms with E-state index < -0.39 is 11.7 Å². The van der Waals surface area contributed by atoms with Gasteiger partial charge in [-0.25, -0.2) is 0 Å². The van der Waals surface area contributed by atoms with Gasteiger partial charge < -0.3 is 14.6 Å². The number of hydrogen-bond donors (Lipinski definition) is 1. The van der Waals surface area contributed by atoms with Crippen molar-refractivity contribution >= 4 is 6.01 Å². The van der Waals surface area contributed by atoms with Gasteiger partial charge in [-0.15, -0.1) is 0 Å². The third-order valence-corrected chi connectivity index (χ3v) is 2.79. The zero-order valence-electron chi connectivity index (χ0n) is 12.1. The van der Waals surface area contributed by atoms with E-state index in [-0.39, 0.29) is 12.5 Å². The minimum Gasteiger partial charge on any atom is -0.492 e. The Morgan fingerprint density at radius 3 is 2.45 bits per heavy atom. The molecule has 0 spiro atoms. The van der Waals surface area contributed by atoms with Gasteiger partial charge in [0, 0.05) is 5.92 Å². The molecule has 0 aliphatic heterocycles. The van der Waals surface area contributed by atoms with Crippen LogP contribution in [0.4, 0.5) is 19.2 Å². The molecule has 2 aromatic rings. The van der Waals surface area contributed by atoms with E-state index in [0.717, 1.165) is 12.1 Å². The van der Waals surface area contributed by atoms with Crippen LogP contribution in [0.15, 0.2) is 28.8 Å². The molecule has 5 nitrogen and oxygen atoms in total. The second kappa shape index (κ2) is 6.67. The van der Waals surface area contributed by atoms with Crippen molar-refractivity contribution in [2.75, 3.05) is 18.5 Å². The largest absolute Gasteiger partial charge is 0.492 e. The van der Waals surface area contributed by atoms with Gasteiger partial charge in [-0.3, -0.25) is 0 Å². The minimum absolute atomic E-state index is 0.169. The van der Waals surface area contributed by atoms with Gasteiger partial charge in [0.05, 0.1) is 12.1 Å². The monoisotopic (exact) mass is 315 g/mol. The van der Waals surface area contributed by atoms with Crippen LogP contribution >= 0.6 is 0 Å². The zero-order valence-corrected chi connectivity index (χ0v) is 12.1. The Morgan fingerprint density at radius 1 is 1.23 bits per heavy atom. The summed E-state index contributed by atoms with van der Waals surface area (Å²) < 4.78 is 47.5. The summed E-state index contributed by atoms with van der Waals surface area (Å²) in [5, 5.41) is 6.67. The molecule has 1 aromatic heterocycles. The molecule has 0 aliphatic carbocycles. The highest BCUT2D eigenvalue weighted by atomic mass is 19.4. The fraction of sp³-hybridized carbons (Fsp3) is 0.429. The van der Waals surface area contributed by atoms with Crippen molar-refractivity contribution in [2.45, 2.75) is 25.9 Å². The number of ether oxygens (including phenoxy) is 1. The van der Waals surface area contributed by atoms with Gasteiger partial charge in [-0.2, -0.15) is 18.2 Å². The molecule has 0 bridgehead atoms. The van der Waals surface area contributed by atoms with Crippen LogP contribution in [0.25, 0.3) is 0 Å². The van der Waals surface area contributed by atoms with Crippen molar-refractivity contribution in [1.29, 1.82) is 0 Å². The van der Waals surface area contributed by atoms with E-state index in [1.807, 2.05) is 13.8 Å². The van der Waals surface area contributed by atoms with Crippen molar-refractivity contribution in [3.63, 3.8) is 0 Å². The predicted molar refractivity (Wildman–Crippen MR) is 73.8 cm³/mol. The van der Waals surface area contributed by atoms with Crippen LogP contribution < -0.4 is 10.1 Å². The average Bonchev–Trinajstić information content (AvgIpc) is 2.92. The summed E-state index contributed by atoms with van der Waals surface area (Å²) in [6.45, 7) is 4.54. The molecule has 0 unspecified atom stereocenters. The molecule has 120 valence electrons. The summed E-state index contributed by atoms with van der Waals surface area (Å²) in [6, 6.07) is 4.82. The molecule has 0 saturated heterocycles. The summed E-state index contributed by atoms with van der Waals surface area (Å²) in [6.07, 6.45) is -4.34. The summed E-state index contributed by atoms with van der Waals surface area (Å²) >= 11 is 0. The third kappa shape index (κ3) is 4.37. The minimum atomic E-state index is -4.34. The van der Waals surface area contributed by atoms with Gasteiger partial charge in [0.2, 0.25) is 0 Å². The number of aromatic nitrogens is 2. The molecule has 8 heteroatoms. The van der Waals surface area contributed by atoms with Crippen molar-refractivity contribution in [2.24, 2.45) is 0 Å². The number of nitrogens with one attached hydrogen (secondary N) is 1. The van der Waals surface area contributed by atoms with Crippen LogP contribution in [0.3, 0.4) is 0 Å². The lowest BCUT2D eigenvalue weighted by atomic mass is 10.2. The van der Waals surface area contributed by atoms with Gasteiger partial charge in [0.25, 0.3) is 0 Å². The first-order valence-corrected chi connectivity index (χ1v) is 6.74. The second-order valence-electron chi connectivity index (χ2n) is 4.91. The molecule has 0 saturated carbocycles. The number of hydrogen-bond acceptors (Lipinski definition) is 5. The van der Waals surface area contributed by atoms with E-state index in [0.29, 0.717) is 24.1 Å². The summed E-state index contributed by atoms with van der Waals surface area (Å²) in [4.78, 5) is 4.12. The zero-order chi connectivity index (χ0) is 16.2. The van der Waals surface area contributed by atoms with Gasteiger partial charge in [-0.05, 0) is 24.3 Å². The standard InChI is InChI=1S/C14H16F3N3O2/c1-9(2)12-19-13(22-20-12)18-7-8-21-11-5-3-10(4-6-11)14(15,16)17/h3-6,9H,7-8H2,1-2H3,(H,18,19,20). The Hall–Kier alpha value is -2.25. The maximum atomic E-state index is 12.4. The lowest BCUT2D eigenvalue weighted by Gasteiger charge is -2.09. The second-order valence-corrected chi connectivity index (χ2v) is 4.91. The molecule has 0 amide bonds. The van der Waals surface area contributed by atoms with Crippen molar-refractivity contribution in [3.8, 4) is 5.75 Å². The van der Waals surface area contributed by atoms with Crippen molar-refractivity contribution < 1.29 is 22.4 Å². The van der Waals surface area contributed by atoms with Gasteiger partial charge in [0.15, 0.2) is 5.82 Å². The van der Waals surface area contributed by atoms with E-state index in [4.69, 9.17) is 9.26 Å². The molecule has 0 aliphatic rings. The van der Waals surface area contributed by atoms with Gasteiger partial charge >= 0.3 is 12.2 Å². The van der Waals surface area contributed by atoms with Gasteiger partial charge in [0.1, 0.15) is 12.4 Å².